The fraction of sp³-hybridized carbons (Fsp3) is 0.889. The first-order valence-electron chi connectivity index (χ1n) is 4.26. The molecule has 2 heteroatoms. The van der Waals surface area contributed by atoms with E-state index in [4.69, 9.17) is 5.11 Å². The van der Waals surface area contributed by atoms with Crippen molar-refractivity contribution in [2.24, 2.45) is 23.2 Å². The van der Waals surface area contributed by atoms with Crippen molar-refractivity contribution in [2.75, 3.05) is 0 Å². The quantitative estimate of drug-likeness (QED) is 0.624. The van der Waals surface area contributed by atoms with E-state index in [1.165, 1.54) is 0 Å². The molecule has 2 bridgehead atoms. The molecule has 3 unspecified atom stereocenters. The van der Waals surface area contributed by atoms with Crippen LogP contribution in [0.5, 0.6) is 0 Å². The zero-order valence-electron chi connectivity index (χ0n) is 7.00. The van der Waals surface area contributed by atoms with E-state index in [-0.39, 0.29) is 5.92 Å². The van der Waals surface area contributed by atoms with E-state index in [9.17, 15) is 4.79 Å². The smallest absolute Gasteiger partial charge is 0.306 e. The van der Waals surface area contributed by atoms with E-state index in [0.29, 0.717) is 17.3 Å². The van der Waals surface area contributed by atoms with Gasteiger partial charge < -0.3 is 5.11 Å². The van der Waals surface area contributed by atoms with Gasteiger partial charge in [-0.25, -0.2) is 0 Å². The molecule has 11 heavy (non-hydrogen) atoms. The molecule has 3 fully saturated rings. The Bertz CT molecular complexity index is 208. The predicted octanol–water partition coefficient (Wildman–Crippen LogP) is 1.75. The fourth-order valence-corrected chi connectivity index (χ4v) is 2.88. The van der Waals surface area contributed by atoms with Crippen LogP contribution in [-0.2, 0) is 4.79 Å². The summed E-state index contributed by atoms with van der Waals surface area (Å²) in [6, 6.07) is 0. The summed E-state index contributed by atoms with van der Waals surface area (Å²) in [5.41, 5.74) is 0.322. The number of hydrogen-bond donors (Lipinski definition) is 1. The molecule has 0 aliphatic heterocycles. The van der Waals surface area contributed by atoms with Crippen molar-refractivity contribution >= 4 is 5.97 Å². The number of carboxylic acid groups (broad SMARTS) is 1. The largest absolute Gasteiger partial charge is 0.481 e. The van der Waals surface area contributed by atoms with Gasteiger partial charge in [-0.3, -0.25) is 4.79 Å². The van der Waals surface area contributed by atoms with Crippen molar-refractivity contribution in [3.63, 3.8) is 0 Å². The van der Waals surface area contributed by atoms with Crippen molar-refractivity contribution in [1.82, 2.24) is 0 Å². The van der Waals surface area contributed by atoms with Crippen LogP contribution >= 0.6 is 0 Å². The van der Waals surface area contributed by atoms with E-state index in [1.54, 1.807) is 0 Å². The van der Waals surface area contributed by atoms with Crippen LogP contribution in [0.15, 0.2) is 0 Å². The van der Waals surface area contributed by atoms with Gasteiger partial charge in [0.1, 0.15) is 0 Å². The summed E-state index contributed by atoms with van der Waals surface area (Å²) in [4.78, 5) is 10.7. The van der Waals surface area contributed by atoms with Gasteiger partial charge in [-0.1, -0.05) is 13.8 Å². The Kier molecular flexibility index (Phi) is 1.16. The third kappa shape index (κ3) is 0.700. The lowest BCUT2D eigenvalue weighted by atomic mass is 9.60. The summed E-state index contributed by atoms with van der Waals surface area (Å²) >= 11 is 0. The summed E-state index contributed by atoms with van der Waals surface area (Å²) in [5, 5.41) is 8.84. The highest BCUT2D eigenvalue weighted by molar-refractivity contribution is 5.71. The van der Waals surface area contributed by atoms with Gasteiger partial charge in [-0.2, -0.15) is 0 Å². The average molecular weight is 154 g/mol. The summed E-state index contributed by atoms with van der Waals surface area (Å²) in [7, 11) is 0. The molecule has 3 aliphatic carbocycles. The Hall–Kier alpha value is -0.530. The Labute approximate surface area is 66.6 Å². The second-order valence-corrected chi connectivity index (χ2v) is 4.54. The van der Waals surface area contributed by atoms with Crippen LogP contribution in [0.25, 0.3) is 0 Å². The second-order valence-electron chi connectivity index (χ2n) is 4.54. The minimum atomic E-state index is -0.580. The summed E-state index contributed by atoms with van der Waals surface area (Å²) in [6.07, 6.45) is 2.08. The Morgan fingerprint density at radius 2 is 2.09 bits per heavy atom. The third-order valence-corrected chi connectivity index (χ3v) is 3.89. The van der Waals surface area contributed by atoms with Gasteiger partial charge in [0.2, 0.25) is 0 Å². The molecule has 0 saturated heterocycles. The molecule has 0 aromatic carbocycles. The van der Waals surface area contributed by atoms with Gasteiger partial charge in [-0.05, 0) is 30.1 Å². The van der Waals surface area contributed by atoms with Crippen molar-refractivity contribution < 1.29 is 9.90 Å². The lowest BCUT2D eigenvalue weighted by Crippen LogP contribution is -2.39. The SMILES string of the molecule is CC1(C)C2CC(C(=O)O)C1C2. The molecule has 0 aromatic rings. The van der Waals surface area contributed by atoms with Crippen LogP contribution in [0.4, 0.5) is 0 Å². The Morgan fingerprint density at radius 1 is 1.45 bits per heavy atom. The van der Waals surface area contributed by atoms with Gasteiger partial charge in [0.25, 0.3) is 0 Å². The third-order valence-electron chi connectivity index (χ3n) is 3.89. The molecule has 62 valence electrons. The Balaban J connectivity index is 2.18. The van der Waals surface area contributed by atoms with E-state index in [2.05, 4.69) is 13.8 Å². The molecule has 0 heterocycles. The van der Waals surface area contributed by atoms with Gasteiger partial charge in [0.15, 0.2) is 0 Å². The monoisotopic (exact) mass is 154 g/mol. The van der Waals surface area contributed by atoms with Gasteiger partial charge in [-0.15, -0.1) is 0 Å². The van der Waals surface area contributed by atoms with Crippen LogP contribution in [-0.4, -0.2) is 11.1 Å². The van der Waals surface area contributed by atoms with Crippen LogP contribution < -0.4 is 0 Å². The van der Waals surface area contributed by atoms with Crippen molar-refractivity contribution in [2.45, 2.75) is 26.7 Å². The molecule has 3 aliphatic rings. The highest BCUT2D eigenvalue weighted by atomic mass is 16.4. The maximum atomic E-state index is 10.7. The predicted molar refractivity (Wildman–Crippen MR) is 41.1 cm³/mol. The summed E-state index contributed by atoms with van der Waals surface area (Å²) in [6.45, 7) is 4.41. The molecule has 3 atom stereocenters. The molecule has 0 amide bonds. The summed E-state index contributed by atoms with van der Waals surface area (Å²) in [5.74, 6) is 0.539. The number of carboxylic acids is 1. The first kappa shape index (κ1) is 7.14. The molecule has 1 N–H and O–H groups in total. The van der Waals surface area contributed by atoms with E-state index < -0.39 is 5.97 Å². The number of fused-ring (bicyclic) bond motifs is 1. The normalized spacial score (nSPS) is 45.1. The molecule has 0 radical (unpaired) electrons. The second kappa shape index (κ2) is 1.79. The zero-order chi connectivity index (χ0) is 8.22. The fourth-order valence-electron chi connectivity index (χ4n) is 2.88. The molecule has 3 rings (SSSR count). The molecule has 2 nitrogen and oxygen atoms in total. The Morgan fingerprint density at radius 3 is 2.27 bits per heavy atom. The van der Waals surface area contributed by atoms with Crippen molar-refractivity contribution in [1.29, 1.82) is 0 Å². The minimum Gasteiger partial charge on any atom is -0.481 e. The highest BCUT2D eigenvalue weighted by Crippen LogP contribution is 2.64. The first-order valence-corrected chi connectivity index (χ1v) is 4.26. The first-order chi connectivity index (χ1) is 5.03. The van der Waals surface area contributed by atoms with Crippen LogP contribution in [0.2, 0.25) is 0 Å². The number of carbonyl (C=O) groups is 1. The van der Waals surface area contributed by atoms with Crippen LogP contribution in [0.1, 0.15) is 26.7 Å². The van der Waals surface area contributed by atoms with Crippen LogP contribution in [0.3, 0.4) is 0 Å². The number of aliphatic carboxylic acids is 1. The zero-order valence-corrected chi connectivity index (χ0v) is 7.00. The van der Waals surface area contributed by atoms with Gasteiger partial charge in [0, 0.05) is 0 Å². The minimum absolute atomic E-state index is 0.0324. The summed E-state index contributed by atoms with van der Waals surface area (Å²) < 4.78 is 0. The molecule has 0 spiro atoms. The van der Waals surface area contributed by atoms with Crippen molar-refractivity contribution in [3.05, 3.63) is 0 Å². The van der Waals surface area contributed by atoms with E-state index >= 15 is 0 Å². The highest BCUT2D eigenvalue weighted by Gasteiger charge is 2.60. The maximum absolute atomic E-state index is 10.7. The van der Waals surface area contributed by atoms with Crippen molar-refractivity contribution in [3.8, 4) is 0 Å². The number of rotatable bonds is 1. The molecule has 3 saturated carbocycles. The molecule has 0 aromatic heterocycles. The maximum Gasteiger partial charge on any atom is 0.306 e. The van der Waals surface area contributed by atoms with Gasteiger partial charge in [0.05, 0.1) is 5.92 Å². The standard InChI is InChI=1S/C9H14O2/c1-9(2)5-3-6(8(10)11)7(9)4-5/h5-7H,3-4H2,1-2H3,(H,10,11). The molecular weight excluding hydrogens is 140 g/mol. The lowest BCUT2D eigenvalue weighted by molar-refractivity contribution is -0.144. The van der Waals surface area contributed by atoms with Gasteiger partial charge >= 0.3 is 5.97 Å². The van der Waals surface area contributed by atoms with E-state index in [0.717, 1.165) is 12.8 Å². The average Bonchev–Trinajstić information content (AvgIpc) is 2.40. The molecular formula is C9H14O2. The lowest BCUT2D eigenvalue weighted by Gasteiger charge is -2.44. The number of hydrogen-bond acceptors (Lipinski definition) is 1. The van der Waals surface area contributed by atoms with E-state index in [1.807, 2.05) is 0 Å². The topological polar surface area (TPSA) is 37.3 Å². The van der Waals surface area contributed by atoms with Crippen LogP contribution in [0, 0.1) is 23.2 Å².